The highest BCUT2D eigenvalue weighted by Crippen LogP contribution is 2.35. The molecule has 2 aromatic rings. The third-order valence-electron chi connectivity index (χ3n) is 4.08. The highest BCUT2D eigenvalue weighted by atomic mass is 16.5. The Morgan fingerprint density at radius 2 is 1.88 bits per heavy atom. The van der Waals surface area contributed by atoms with Gasteiger partial charge in [0.25, 0.3) is 5.91 Å². The number of benzene rings is 2. The second-order valence-electron chi connectivity index (χ2n) is 5.81. The lowest BCUT2D eigenvalue weighted by Gasteiger charge is -2.17. The molecule has 0 bridgehead atoms. The summed E-state index contributed by atoms with van der Waals surface area (Å²) in [4.78, 5) is 27.1. The highest BCUT2D eigenvalue weighted by Gasteiger charge is 2.37. The summed E-state index contributed by atoms with van der Waals surface area (Å²) in [5.41, 5.74) is 2.31. The number of aromatic hydroxyl groups is 1. The first-order valence-electron chi connectivity index (χ1n) is 8.31. The Morgan fingerprint density at radius 1 is 1.15 bits per heavy atom. The number of allylic oxidation sites excluding steroid dienone is 1. The molecule has 1 aliphatic rings. The van der Waals surface area contributed by atoms with E-state index < -0.39 is 5.97 Å². The molecule has 0 aromatic heterocycles. The number of phenolic OH excluding ortho intramolecular Hbond substituents is 1. The molecule has 5 nitrogen and oxygen atoms in total. The Bertz CT molecular complexity index is 913. The first kappa shape index (κ1) is 17.5. The van der Waals surface area contributed by atoms with Crippen molar-refractivity contribution in [1.82, 2.24) is 0 Å². The van der Waals surface area contributed by atoms with Gasteiger partial charge in [0, 0.05) is 11.4 Å². The van der Waals surface area contributed by atoms with Crippen molar-refractivity contribution in [3.05, 3.63) is 77.0 Å². The molecule has 2 aromatic carbocycles. The Labute approximate surface area is 151 Å². The number of esters is 1. The molecule has 0 saturated heterocycles. The molecule has 1 N–H and O–H groups in total. The normalized spacial score (nSPS) is 15.7. The van der Waals surface area contributed by atoms with Crippen LogP contribution in [0, 0.1) is 0 Å². The van der Waals surface area contributed by atoms with E-state index in [4.69, 9.17) is 4.74 Å². The van der Waals surface area contributed by atoms with E-state index in [2.05, 4.69) is 0 Å². The van der Waals surface area contributed by atoms with Gasteiger partial charge in [-0.05, 0) is 49.8 Å². The van der Waals surface area contributed by atoms with Crippen molar-refractivity contribution >= 4 is 23.6 Å². The summed E-state index contributed by atoms with van der Waals surface area (Å²) in [6, 6.07) is 15.6. The van der Waals surface area contributed by atoms with Crippen LogP contribution in [-0.4, -0.2) is 23.6 Å². The molecule has 0 aliphatic carbocycles. The van der Waals surface area contributed by atoms with Gasteiger partial charge in [-0.15, -0.1) is 0 Å². The number of rotatable bonds is 4. The van der Waals surface area contributed by atoms with Crippen LogP contribution in [0.2, 0.25) is 0 Å². The predicted octanol–water partition coefficient (Wildman–Crippen LogP) is 3.66. The first-order chi connectivity index (χ1) is 12.5. The number of anilines is 1. The van der Waals surface area contributed by atoms with E-state index in [9.17, 15) is 14.7 Å². The molecule has 1 aliphatic heterocycles. The SMILES string of the molecule is CCOC(=O)C1=C(C)N(c2ccccc2)C(=O)/C1=C/c1cccc(O)c1. The zero-order valence-corrected chi connectivity index (χ0v) is 14.6. The summed E-state index contributed by atoms with van der Waals surface area (Å²) in [5, 5.41) is 9.67. The maximum Gasteiger partial charge on any atom is 0.340 e. The summed E-state index contributed by atoms with van der Waals surface area (Å²) >= 11 is 0. The molecule has 132 valence electrons. The van der Waals surface area contributed by atoms with Crippen LogP contribution >= 0.6 is 0 Å². The summed E-state index contributed by atoms with van der Waals surface area (Å²) in [5.74, 6) is -0.758. The van der Waals surface area contributed by atoms with Crippen LogP contribution in [0.5, 0.6) is 5.75 Å². The number of amides is 1. The van der Waals surface area contributed by atoms with Crippen molar-refractivity contribution in [3.63, 3.8) is 0 Å². The standard InChI is InChI=1S/C21H19NO4/c1-3-26-21(25)19-14(2)22(16-9-5-4-6-10-16)20(24)18(19)13-15-8-7-11-17(23)12-15/h4-13,23H,3H2,1-2H3/b18-13+. The summed E-state index contributed by atoms with van der Waals surface area (Å²) in [6.45, 7) is 3.66. The van der Waals surface area contributed by atoms with Gasteiger partial charge in [0.05, 0.1) is 17.8 Å². The molecular weight excluding hydrogens is 330 g/mol. The third-order valence-corrected chi connectivity index (χ3v) is 4.08. The molecule has 1 amide bonds. The van der Waals surface area contributed by atoms with Crippen molar-refractivity contribution in [3.8, 4) is 5.75 Å². The van der Waals surface area contributed by atoms with Gasteiger partial charge >= 0.3 is 5.97 Å². The van der Waals surface area contributed by atoms with Crippen LogP contribution in [-0.2, 0) is 14.3 Å². The smallest absolute Gasteiger partial charge is 0.340 e. The molecule has 5 heteroatoms. The van der Waals surface area contributed by atoms with Crippen LogP contribution < -0.4 is 4.90 Å². The van der Waals surface area contributed by atoms with E-state index in [1.807, 2.05) is 30.3 Å². The number of phenols is 1. The maximum absolute atomic E-state index is 13.1. The molecule has 0 spiro atoms. The van der Waals surface area contributed by atoms with Crippen molar-refractivity contribution in [2.45, 2.75) is 13.8 Å². The number of para-hydroxylation sites is 1. The second kappa shape index (κ2) is 7.27. The van der Waals surface area contributed by atoms with E-state index in [0.29, 0.717) is 16.9 Å². The molecule has 0 unspecified atom stereocenters. The summed E-state index contributed by atoms with van der Waals surface area (Å²) in [7, 11) is 0. The lowest BCUT2D eigenvalue weighted by Crippen LogP contribution is -2.24. The molecule has 26 heavy (non-hydrogen) atoms. The van der Waals surface area contributed by atoms with Gasteiger partial charge < -0.3 is 9.84 Å². The van der Waals surface area contributed by atoms with Crippen molar-refractivity contribution in [1.29, 1.82) is 0 Å². The van der Waals surface area contributed by atoms with Crippen LogP contribution in [0.25, 0.3) is 6.08 Å². The van der Waals surface area contributed by atoms with E-state index in [1.165, 1.54) is 11.0 Å². The lowest BCUT2D eigenvalue weighted by molar-refractivity contribution is -0.138. The Morgan fingerprint density at radius 3 is 2.54 bits per heavy atom. The number of ether oxygens (including phenoxy) is 1. The van der Waals surface area contributed by atoms with Gasteiger partial charge in [0.1, 0.15) is 5.75 Å². The number of hydrogen-bond donors (Lipinski definition) is 1. The van der Waals surface area contributed by atoms with E-state index in [0.717, 1.165) is 0 Å². The fourth-order valence-electron chi connectivity index (χ4n) is 2.95. The molecular formula is C21H19NO4. The van der Waals surface area contributed by atoms with Gasteiger partial charge in [-0.3, -0.25) is 9.69 Å². The van der Waals surface area contributed by atoms with Crippen LogP contribution in [0.4, 0.5) is 5.69 Å². The number of carbonyl (C=O) groups is 2. The number of nitrogens with zero attached hydrogens (tertiary/aromatic N) is 1. The zero-order valence-electron chi connectivity index (χ0n) is 14.6. The minimum atomic E-state index is -0.539. The minimum absolute atomic E-state index is 0.0862. The van der Waals surface area contributed by atoms with Crippen molar-refractivity contribution in [2.75, 3.05) is 11.5 Å². The topological polar surface area (TPSA) is 66.8 Å². The first-order valence-corrected chi connectivity index (χ1v) is 8.31. The molecule has 3 rings (SSSR count). The monoisotopic (exact) mass is 349 g/mol. The van der Waals surface area contributed by atoms with E-state index >= 15 is 0 Å². The summed E-state index contributed by atoms with van der Waals surface area (Å²) < 4.78 is 5.15. The summed E-state index contributed by atoms with van der Waals surface area (Å²) in [6.07, 6.45) is 1.60. The average Bonchev–Trinajstić information content (AvgIpc) is 2.86. The van der Waals surface area contributed by atoms with Crippen LogP contribution in [0.1, 0.15) is 19.4 Å². The van der Waals surface area contributed by atoms with Gasteiger partial charge in [-0.25, -0.2) is 4.79 Å². The quantitative estimate of drug-likeness (QED) is 0.676. The van der Waals surface area contributed by atoms with E-state index in [-0.39, 0.29) is 29.4 Å². The van der Waals surface area contributed by atoms with E-state index in [1.54, 1.807) is 38.1 Å². The number of hydrogen-bond acceptors (Lipinski definition) is 4. The minimum Gasteiger partial charge on any atom is -0.508 e. The highest BCUT2D eigenvalue weighted by molar-refractivity contribution is 6.23. The van der Waals surface area contributed by atoms with Gasteiger partial charge in [0.2, 0.25) is 0 Å². The molecule has 0 fully saturated rings. The second-order valence-corrected chi connectivity index (χ2v) is 5.81. The number of carbonyl (C=O) groups excluding carboxylic acids is 2. The fraction of sp³-hybridized carbons (Fsp3) is 0.143. The largest absolute Gasteiger partial charge is 0.508 e. The van der Waals surface area contributed by atoms with Crippen molar-refractivity contribution < 1.29 is 19.4 Å². The van der Waals surface area contributed by atoms with Gasteiger partial charge in [-0.2, -0.15) is 0 Å². The molecule has 0 atom stereocenters. The predicted molar refractivity (Wildman–Crippen MR) is 99.3 cm³/mol. The molecule has 0 saturated carbocycles. The maximum atomic E-state index is 13.1. The Balaban J connectivity index is 2.13. The average molecular weight is 349 g/mol. The van der Waals surface area contributed by atoms with Crippen molar-refractivity contribution in [2.24, 2.45) is 0 Å². The zero-order chi connectivity index (χ0) is 18.7. The van der Waals surface area contributed by atoms with Crippen LogP contribution in [0.3, 0.4) is 0 Å². The Kier molecular flexibility index (Phi) is 4.89. The van der Waals surface area contributed by atoms with Gasteiger partial charge in [-0.1, -0.05) is 30.3 Å². The van der Waals surface area contributed by atoms with Crippen LogP contribution in [0.15, 0.2) is 71.4 Å². The van der Waals surface area contributed by atoms with Gasteiger partial charge in [0.15, 0.2) is 0 Å². The lowest BCUT2D eigenvalue weighted by atomic mass is 10.0. The third kappa shape index (κ3) is 3.24. The molecule has 1 heterocycles. The fourth-order valence-corrected chi connectivity index (χ4v) is 2.95. The molecule has 0 radical (unpaired) electrons. The Hall–Kier alpha value is -3.34.